The van der Waals surface area contributed by atoms with Crippen molar-refractivity contribution in [2.24, 2.45) is 0 Å². The van der Waals surface area contributed by atoms with E-state index in [0.717, 1.165) is 61.4 Å². The van der Waals surface area contributed by atoms with Crippen LogP contribution in [0.3, 0.4) is 0 Å². The summed E-state index contributed by atoms with van der Waals surface area (Å²) in [5, 5.41) is 7.06. The largest absolute Gasteiger partial charge is 0.456 e. The molecule has 0 N–H and O–H groups in total. The van der Waals surface area contributed by atoms with Crippen molar-refractivity contribution in [1.82, 2.24) is 0 Å². The van der Waals surface area contributed by atoms with Crippen LogP contribution in [-0.4, -0.2) is 0 Å². The fourth-order valence-corrected chi connectivity index (χ4v) is 9.81. The second kappa shape index (κ2) is 12.2. The quantitative estimate of drug-likeness (QED) is 0.176. The number of nitrogens with zero attached hydrogens (tertiary/aromatic N) is 1. The molecule has 0 aliphatic carbocycles. The van der Waals surface area contributed by atoms with E-state index in [-0.39, 0.29) is 0 Å². The van der Waals surface area contributed by atoms with Crippen LogP contribution in [0.25, 0.3) is 86.3 Å². The molecule has 0 radical (unpaired) electrons. The van der Waals surface area contributed by atoms with Crippen LogP contribution < -0.4 is 9.64 Å². The molecule has 0 saturated carbocycles. The lowest BCUT2D eigenvalue weighted by Crippen LogP contribution is -2.11. The first-order valence-electron chi connectivity index (χ1n) is 18.9. The second-order valence-corrected chi connectivity index (χ2v) is 15.5. The molecular weight excluding hydrogens is 703 g/mol. The number of thiophene rings is 1. The maximum absolute atomic E-state index is 6.88. The highest BCUT2D eigenvalue weighted by Gasteiger charge is 2.25. The van der Waals surface area contributed by atoms with Gasteiger partial charge in [0.25, 0.3) is 0 Å². The zero-order valence-corrected chi connectivity index (χ0v) is 30.9. The van der Waals surface area contributed by atoms with Gasteiger partial charge in [-0.2, -0.15) is 0 Å². The van der Waals surface area contributed by atoms with E-state index >= 15 is 0 Å². The molecule has 12 rings (SSSR count). The molecule has 0 saturated heterocycles. The normalized spacial score (nSPS) is 12.1. The molecule has 0 bridgehead atoms. The fourth-order valence-electron chi connectivity index (χ4n) is 8.67. The van der Waals surface area contributed by atoms with Crippen molar-refractivity contribution in [3.05, 3.63) is 188 Å². The Morgan fingerprint density at radius 3 is 1.98 bits per heavy atom. The van der Waals surface area contributed by atoms with E-state index in [9.17, 15) is 0 Å². The monoisotopic (exact) mass is 733 g/mol. The number of benzene rings is 9. The van der Waals surface area contributed by atoms with Crippen molar-refractivity contribution >= 4 is 81.3 Å². The van der Waals surface area contributed by atoms with Gasteiger partial charge in [0.2, 0.25) is 0 Å². The lowest BCUT2D eigenvalue weighted by molar-refractivity contribution is 0.487. The Kier molecular flexibility index (Phi) is 6.80. The van der Waals surface area contributed by atoms with Gasteiger partial charge in [0.05, 0.1) is 11.4 Å². The highest BCUT2D eigenvalue weighted by molar-refractivity contribution is 7.25. The van der Waals surface area contributed by atoms with E-state index in [2.05, 4.69) is 181 Å². The van der Waals surface area contributed by atoms with Crippen LogP contribution in [0.4, 0.5) is 17.1 Å². The number of ether oxygens (including phenoxy) is 1. The molecule has 0 fully saturated rings. The zero-order chi connectivity index (χ0) is 36.7. The number of fused-ring (bicyclic) bond motifs is 8. The van der Waals surface area contributed by atoms with E-state index < -0.39 is 0 Å². The Hall–Kier alpha value is -7.14. The average Bonchev–Trinajstić information content (AvgIpc) is 3.83. The first-order chi connectivity index (χ1) is 27.7. The third kappa shape index (κ3) is 4.76. The maximum Gasteiger partial charge on any atom is 0.159 e. The molecule has 1 aliphatic heterocycles. The molecule has 0 spiro atoms. The number of anilines is 3. The van der Waals surface area contributed by atoms with Crippen molar-refractivity contribution in [1.29, 1.82) is 0 Å². The van der Waals surface area contributed by atoms with Gasteiger partial charge in [-0.3, -0.25) is 0 Å². The van der Waals surface area contributed by atoms with Crippen LogP contribution in [-0.2, 0) is 0 Å². The van der Waals surface area contributed by atoms with E-state index in [1.54, 1.807) is 0 Å². The van der Waals surface area contributed by atoms with Gasteiger partial charge in [-0.25, -0.2) is 0 Å². The van der Waals surface area contributed by atoms with Crippen molar-refractivity contribution in [2.45, 2.75) is 0 Å². The summed E-state index contributed by atoms with van der Waals surface area (Å²) >= 11 is 1.83. The Labute approximate surface area is 326 Å². The molecule has 3 nitrogen and oxygen atoms in total. The van der Waals surface area contributed by atoms with Gasteiger partial charge in [-0.1, -0.05) is 133 Å². The number of hydrogen-bond acceptors (Lipinski definition) is 4. The summed E-state index contributed by atoms with van der Waals surface area (Å²) in [5.41, 5.74) is 11.8. The van der Waals surface area contributed by atoms with E-state index in [4.69, 9.17) is 9.15 Å². The molecule has 3 heterocycles. The number of para-hydroxylation sites is 2. The van der Waals surface area contributed by atoms with Gasteiger partial charge in [-0.05, 0) is 81.7 Å². The minimum absolute atomic E-state index is 0.826. The van der Waals surface area contributed by atoms with Gasteiger partial charge >= 0.3 is 0 Å². The first kappa shape index (κ1) is 31.2. The number of furan rings is 1. The smallest absolute Gasteiger partial charge is 0.159 e. The van der Waals surface area contributed by atoms with Crippen LogP contribution in [0.5, 0.6) is 11.5 Å². The summed E-state index contributed by atoms with van der Waals surface area (Å²) in [6, 6.07) is 67.1. The summed E-state index contributed by atoms with van der Waals surface area (Å²) in [6.07, 6.45) is 0. The average molecular weight is 734 g/mol. The van der Waals surface area contributed by atoms with Crippen LogP contribution in [0.15, 0.2) is 192 Å². The fraction of sp³-hybridized carbons (Fsp3) is 0. The lowest BCUT2D eigenvalue weighted by Gasteiger charge is -2.28. The molecule has 2 aromatic heterocycles. The summed E-state index contributed by atoms with van der Waals surface area (Å²) in [6.45, 7) is 0. The van der Waals surface area contributed by atoms with Crippen molar-refractivity contribution in [3.8, 4) is 44.9 Å². The number of rotatable bonds is 5. The second-order valence-electron chi connectivity index (χ2n) is 14.4. The maximum atomic E-state index is 6.88. The molecule has 0 unspecified atom stereocenters. The third-order valence-electron chi connectivity index (χ3n) is 11.3. The Balaban J connectivity index is 1.01. The predicted octanol–water partition coefficient (Wildman–Crippen LogP) is 15.7. The molecule has 0 atom stereocenters. The molecular formula is C52H31NO2S. The van der Waals surface area contributed by atoms with Crippen LogP contribution in [0.2, 0.25) is 0 Å². The first-order valence-corrected chi connectivity index (χ1v) is 19.7. The molecule has 1 aliphatic rings. The minimum Gasteiger partial charge on any atom is -0.456 e. The molecule has 262 valence electrons. The van der Waals surface area contributed by atoms with Gasteiger partial charge in [-0.15, -0.1) is 11.3 Å². The van der Waals surface area contributed by atoms with Crippen molar-refractivity contribution in [3.63, 3.8) is 0 Å². The van der Waals surface area contributed by atoms with E-state index in [0.29, 0.717) is 0 Å². The Morgan fingerprint density at radius 1 is 0.393 bits per heavy atom. The summed E-state index contributed by atoms with van der Waals surface area (Å²) in [4.78, 5) is 2.32. The standard InChI is InChI=1S/C52H31NO2S/c1-2-10-32(11-3-1)33-20-22-34(23-21-33)37-28-29-47-51-42(37)14-8-15-43(51)39-26-24-35(30-48(39)54-47)53(36-25-27-41-40-13-5-7-19-49(40)56-50(41)31-36)45-17-9-16-44-38-12-4-6-18-46(38)55-52(44)45/h1-31H. The Bertz CT molecular complexity index is 3340. The summed E-state index contributed by atoms with van der Waals surface area (Å²) in [5.74, 6) is 1.69. The molecule has 56 heavy (non-hydrogen) atoms. The molecule has 9 aromatic carbocycles. The molecule has 4 heteroatoms. The van der Waals surface area contributed by atoms with Gasteiger partial charge < -0.3 is 14.1 Å². The lowest BCUT2D eigenvalue weighted by atomic mass is 9.90. The van der Waals surface area contributed by atoms with Crippen LogP contribution in [0.1, 0.15) is 0 Å². The summed E-state index contributed by atoms with van der Waals surface area (Å²) < 4.78 is 16.1. The number of hydrogen-bond donors (Lipinski definition) is 0. The zero-order valence-electron chi connectivity index (χ0n) is 30.1. The Morgan fingerprint density at radius 2 is 1.07 bits per heavy atom. The molecule has 11 aromatic rings. The third-order valence-corrected chi connectivity index (χ3v) is 12.4. The van der Waals surface area contributed by atoms with Crippen molar-refractivity contribution < 1.29 is 9.15 Å². The highest BCUT2D eigenvalue weighted by atomic mass is 32.1. The van der Waals surface area contributed by atoms with Gasteiger partial charge in [0.15, 0.2) is 5.58 Å². The topological polar surface area (TPSA) is 25.6 Å². The van der Waals surface area contributed by atoms with E-state index in [1.165, 1.54) is 53.4 Å². The minimum atomic E-state index is 0.826. The van der Waals surface area contributed by atoms with Gasteiger partial charge in [0.1, 0.15) is 17.1 Å². The van der Waals surface area contributed by atoms with Crippen LogP contribution >= 0.6 is 11.3 Å². The SMILES string of the molecule is c1ccc(-c2ccc(-c3ccc4c5c(cccc35)-c3ccc(N(c5ccc6c(c5)sc5ccccc56)c5cccc6c5oc5ccccc56)cc3O4)cc2)cc1. The van der Waals surface area contributed by atoms with E-state index in [1.807, 2.05) is 23.5 Å². The molecule has 0 amide bonds. The van der Waals surface area contributed by atoms with Gasteiger partial charge in [0, 0.05) is 53.6 Å². The van der Waals surface area contributed by atoms with Crippen LogP contribution in [0, 0.1) is 0 Å². The highest BCUT2D eigenvalue weighted by Crippen LogP contribution is 2.52. The van der Waals surface area contributed by atoms with Crippen molar-refractivity contribution in [2.75, 3.05) is 4.90 Å². The predicted molar refractivity (Wildman–Crippen MR) is 235 cm³/mol. The summed E-state index contributed by atoms with van der Waals surface area (Å²) in [7, 11) is 0.